The second kappa shape index (κ2) is 9.66. The molecule has 0 saturated carbocycles. The minimum atomic E-state index is -2.76. The van der Waals surface area contributed by atoms with Crippen LogP contribution >= 0.6 is 0 Å². The summed E-state index contributed by atoms with van der Waals surface area (Å²) in [7, 11) is -1.01. The number of aliphatic hydroxyl groups excluding tert-OH is 1. The van der Waals surface area contributed by atoms with Crippen molar-refractivity contribution in [1.82, 2.24) is 5.32 Å². The molecule has 0 unspecified atom stereocenters. The number of carbonyl (C=O) groups excluding carboxylic acids is 2. The van der Waals surface area contributed by atoms with Crippen LogP contribution < -0.4 is 20.0 Å². The Kier molecular flexibility index (Phi) is 6.62. The van der Waals surface area contributed by atoms with E-state index in [4.69, 9.17) is 4.74 Å². The van der Waals surface area contributed by atoms with Gasteiger partial charge in [0, 0.05) is 42.1 Å². The summed E-state index contributed by atoms with van der Waals surface area (Å²) in [5.41, 5.74) is 1.12. The van der Waals surface area contributed by atoms with Gasteiger partial charge in [-0.1, -0.05) is 25.1 Å². The summed E-state index contributed by atoms with van der Waals surface area (Å²) in [6.45, 7) is 7.62. The molecular formula is C30H40N4O5Si. The lowest BCUT2D eigenvalue weighted by molar-refractivity contribution is -0.146. The molecule has 214 valence electrons. The Balaban J connectivity index is 1.44. The number of aliphatic hydroxyl groups is 1. The van der Waals surface area contributed by atoms with Crippen molar-refractivity contribution in [2.75, 3.05) is 48.1 Å². The van der Waals surface area contributed by atoms with Gasteiger partial charge in [0.15, 0.2) is 13.9 Å². The van der Waals surface area contributed by atoms with Gasteiger partial charge in [-0.25, -0.2) is 0 Å². The maximum absolute atomic E-state index is 14.3. The van der Waals surface area contributed by atoms with Crippen molar-refractivity contribution >= 4 is 37.2 Å². The van der Waals surface area contributed by atoms with Crippen molar-refractivity contribution in [3.8, 4) is 0 Å². The molecule has 0 radical (unpaired) electrons. The lowest BCUT2D eigenvalue weighted by Crippen LogP contribution is -2.55. The van der Waals surface area contributed by atoms with Gasteiger partial charge in [0.1, 0.15) is 5.54 Å². The van der Waals surface area contributed by atoms with E-state index < -0.39 is 25.6 Å². The van der Waals surface area contributed by atoms with Gasteiger partial charge in [-0.05, 0) is 75.8 Å². The standard InChI is InChI=1S/C30H40N4O5Si/c1-20-26(40(3,4)38)25(12-17-35)39-30(20)23-18-22(10-11-24(23)32(2)28(30)37)33-19-34(21-8-6-5-7-9-21)29(27(33)36)13-15-31-16-14-29/h5-11,18,20,25-26,31,35,38H,12-17,19H2,1-4H3/t20-,25+,26-,30+/m1/s1. The fraction of sp³-hybridized carbons (Fsp3) is 0.533. The highest BCUT2D eigenvalue weighted by molar-refractivity contribution is 6.71. The molecule has 6 rings (SSSR count). The van der Waals surface area contributed by atoms with Crippen LogP contribution in [0.2, 0.25) is 18.6 Å². The monoisotopic (exact) mass is 564 g/mol. The number of fused-ring (bicyclic) bond motifs is 2. The van der Waals surface area contributed by atoms with Crippen LogP contribution in [0.3, 0.4) is 0 Å². The van der Waals surface area contributed by atoms with Crippen molar-refractivity contribution in [2.24, 2.45) is 5.92 Å². The van der Waals surface area contributed by atoms with Crippen molar-refractivity contribution in [1.29, 1.82) is 0 Å². The van der Waals surface area contributed by atoms with Crippen LogP contribution in [0.4, 0.5) is 17.1 Å². The molecule has 10 heteroatoms. The fourth-order valence-corrected chi connectivity index (χ4v) is 10.5. The Morgan fingerprint density at radius 3 is 2.40 bits per heavy atom. The molecule has 3 saturated heterocycles. The number of carbonyl (C=O) groups is 2. The van der Waals surface area contributed by atoms with Crippen LogP contribution in [-0.4, -0.2) is 75.1 Å². The molecule has 2 aromatic carbocycles. The van der Waals surface area contributed by atoms with Gasteiger partial charge in [0.25, 0.3) is 11.8 Å². The lowest BCUT2D eigenvalue weighted by atomic mass is 9.82. The molecule has 4 aliphatic heterocycles. The van der Waals surface area contributed by atoms with Crippen LogP contribution in [0.1, 0.15) is 31.7 Å². The molecule has 4 atom stereocenters. The third-order valence-corrected chi connectivity index (χ3v) is 12.3. The highest BCUT2D eigenvalue weighted by Gasteiger charge is 2.66. The number of nitrogens with one attached hydrogen (secondary N) is 1. The lowest BCUT2D eigenvalue weighted by Gasteiger charge is -2.39. The van der Waals surface area contributed by atoms with E-state index in [-0.39, 0.29) is 29.9 Å². The third kappa shape index (κ3) is 3.80. The number of anilines is 3. The number of amides is 2. The van der Waals surface area contributed by atoms with Crippen molar-refractivity contribution in [2.45, 2.75) is 62.1 Å². The second-order valence-electron chi connectivity index (χ2n) is 12.4. The van der Waals surface area contributed by atoms with Crippen LogP contribution in [-0.2, 0) is 19.9 Å². The minimum Gasteiger partial charge on any atom is -0.432 e. The normalized spacial score (nSPS) is 29.8. The molecular weight excluding hydrogens is 524 g/mol. The molecule has 3 N–H and O–H groups in total. The van der Waals surface area contributed by atoms with Crippen molar-refractivity contribution in [3.05, 3.63) is 54.1 Å². The fourth-order valence-electron chi connectivity index (χ4n) is 7.90. The molecule has 40 heavy (non-hydrogen) atoms. The maximum atomic E-state index is 14.3. The van der Waals surface area contributed by atoms with Crippen molar-refractivity contribution < 1.29 is 24.2 Å². The predicted molar refractivity (Wildman–Crippen MR) is 157 cm³/mol. The first-order chi connectivity index (χ1) is 19.1. The van der Waals surface area contributed by atoms with Crippen LogP contribution in [0.5, 0.6) is 0 Å². The highest BCUT2D eigenvalue weighted by atomic mass is 28.4. The minimum absolute atomic E-state index is 0.0739. The Morgan fingerprint density at radius 2 is 1.75 bits per heavy atom. The van der Waals surface area contributed by atoms with E-state index in [0.717, 1.165) is 35.7 Å². The van der Waals surface area contributed by atoms with Gasteiger partial charge >= 0.3 is 0 Å². The number of hydrogen-bond donors (Lipinski definition) is 3. The number of benzene rings is 2. The summed E-state index contributed by atoms with van der Waals surface area (Å²) < 4.78 is 6.66. The quantitative estimate of drug-likeness (QED) is 0.480. The van der Waals surface area contributed by atoms with E-state index in [2.05, 4.69) is 22.3 Å². The van der Waals surface area contributed by atoms with Crippen LogP contribution in [0, 0.1) is 5.92 Å². The van der Waals surface area contributed by atoms with E-state index in [0.29, 0.717) is 25.9 Å². The number of ether oxygens (including phenoxy) is 1. The largest absolute Gasteiger partial charge is 0.432 e. The summed E-state index contributed by atoms with van der Waals surface area (Å²) in [6.07, 6.45) is 1.36. The summed E-state index contributed by atoms with van der Waals surface area (Å²) in [4.78, 5) is 45.2. The Hall–Kier alpha value is -2.76. The third-order valence-electron chi connectivity index (χ3n) is 9.76. The number of likely N-dealkylation sites (N-methyl/N-ethyl adjacent to an activating group) is 1. The summed E-state index contributed by atoms with van der Waals surface area (Å²) in [5.74, 6) is -0.387. The molecule has 9 nitrogen and oxygen atoms in total. The molecule has 0 aromatic heterocycles. The number of hydrogen-bond acceptors (Lipinski definition) is 7. The van der Waals surface area contributed by atoms with E-state index in [1.54, 1.807) is 11.9 Å². The average Bonchev–Trinajstić information content (AvgIpc) is 3.47. The summed E-state index contributed by atoms with van der Waals surface area (Å²) in [6, 6.07) is 15.9. The van der Waals surface area contributed by atoms with Gasteiger partial charge in [-0.15, -0.1) is 0 Å². The van der Waals surface area contributed by atoms with Crippen LogP contribution in [0.25, 0.3) is 0 Å². The zero-order chi connectivity index (χ0) is 28.4. The van der Waals surface area contributed by atoms with E-state index in [9.17, 15) is 19.5 Å². The molecule has 4 heterocycles. The zero-order valence-corrected chi connectivity index (χ0v) is 24.8. The topological polar surface area (TPSA) is 106 Å². The SMILES string of the molecule is C[C@@H]1[C@@H]([Si](C)(C)O)[C@H](CCO)O[C@@]12C(=O)N(C)c1ccc(N3CN(c4ccccc4)C4(CCNCC4)C3=O)cc12. The maximum Gasteiger partial charge on any atom is 0.264 e. The first-order valence-electron chi connectivity index (χ1n) is 14.4. The van der Waals surface area contributed by atoms with Crippen LogP contribution in [0.15, 0.2) is 48.5 Å². The summed E-state index contributed by atoms with van der Waals surface area (Å²) in [5, 5.41) is 13.2. The van der Waals surface area contributed by atoms with Gasteiger partial charge in [0.05, 0.1) is 18.5 Å². The number of para-hydroxylation sites is 1. The van der Waals surface area contributed by atoms with E-state index in [1.807, 2.05) is 61.3 Å². The molecule has 2 spiro atoms. The van der Waals surface area contributed by atoms with Gasteiger partial charge in [-0.2, -0.15) is 0 Å². The molecule has 0 bridgehead atoms. The Morgan fingerprint density at radius 1 is 1.05 bits per heavy atom. The second-order valence-corrected chi connectivity index (χ2v) is 16.3. The summed E-state index contributed by atoms with van der Waals surface area (Å²) >= 11 is 0. The van der Waals surface area contributed by atoms with Gasteiger partial charge < -0.3 is 29.8 Å². The van der Waals surface area contributed by atoms with E-state index >= 15 is 0 Å². The Labute approximate surface area is 236 Å². The molecule has 3 fully saturated rings. The number of nitrogens with zero attached hydrogens (tertiary/aromatic N) is 3. The van der Waals surface area contributed by atoms with Gasteiger partial charge in [0.2, 0.25) is 0 Å². The smallest absolute Gasteiger partial charge is 0.264 e. The van der Waals surface area contributed by atoms with E-state index in [1.165, 1.54) is 0 Å². The number of rotatable bonds is 5. The molecule has 2 amide bonds. The Bertz CT molecular complexity index is 1310. The average molecular weight is 565 g/mol. The zero-order valence-electron chi connectivity index (χ0n) is 23.8. The predicted octanol–water partition coefficient (Wildman–Crippen LogP) is 2.78. The van der Waals surface area contributed by atoms with Crippen molar-refractivity contribution in [3.63, 3.8) is 0 Å². The number of piperidine rings is 1. The first-order valence-corrected chi connectivity index (χ1v) is 17.4. The van der Waals surface area contributed by atoms with Gasteiger partial charge in [-0.3, -0.25) is 14.5 Å². The molecule has 0 aliphatic carbocycles. The molecule has 4 aliphatic rings. The first kappa shape index (κ1) is 27.4. The molecule has 2 aromatic rings. The highest BCUT2D eigenvalue weighted by Crippen LogP contribution is 2.60.